The lowest BCUT2D eigenvalue weighted by Gasteiger charge is -2.30. The Morgan fingerprint density at radius 2 is 1.22 bits per heavy atom. The molecule has 6 aromatic carbocycles. The van der Waals surface area contributed by atoms with Crippen molar-refractivity contribution >= 4 is 10.8 Å². The average Bonchev–Trinajstić information content (AvgIpc) is 3.88. The van der Waals surface area contributed by atoms with Gasteiger partial charge in [0.15, 0.2) is 17.5 Å². The molecule has 1 heterocycles. The van der Waals surface area contributed by atoms with Crippen LogP contribution in [0.4, 0.5) is 0 Å². The third-order valence-corrected chi connectivity index (χ3v) is 10.6. The maximum absolute atomic E-state index is 5.23. The fourth-order valence-corrected chi connectivity index (χ4v) is 8.39. The highest BCUT2D eigenvalue weighted by molar-refractivity contribution is 5.94. The van der Waals surface area contributed by atoms with Crippen molar-refractivity contribution in [2.45, 2.75) is 37.5 Å². The van der Waals surface area contributed by atoms with Crippen LogP contribution >= 0.6 is 0 Å². The van der Waals surface area contributed by atoms with Gasteiger partial charge in [-0.15, -0.1) is 0 Å². The Balaban J connectivity index is 1.21. The van der Waals surface area contributed by atoms with E-state index >= 15 is 0 Å². The predicted molar refractivity (Wildman–Crippen MR) is 187 cm³/mol. The smallest absolute Gasteiger partial charge is 0.164 e. The van der Waals surface area contributed by atoms with Gasteiger partial charge in [0, 0.05) is 22.1 Å². The van der Waals surface area contributed by atoms with Gasteiger partial charge in [0.25, 0.3) is 0 Å². The Morgan fingerprint density at radius 3 is 2.09 bits per heavy atom. The number of rotatable bonds is 3. The molecule has 218 valence electrons. The molecule has 46 heavy (non-hydrogen) atoms. The first-order valence-corrected chi connectivity index (χ1v) is 16.3. The second kappa shape index (κ2) is 9.31. The minimum Gasteiger partial charge on any atom is -0.208 e. The van der Waals surface area contributed by atoms with Gasteiger partial charge in [-0.1, -0.05) is 135 Å². The highest BCUT2D eigenvalue weighted by Gasteiger charge is 2.50. The molecule has 1 saturated carbocycles. The van der Waals surface area contributed by atoms with Crippen molar-refractivity contribution in [3.63, 3.8) is 0 Å². The van der Waals surface area contributed by atoms with E-state index < -0.39 is 0 Å². The zero-order chi connectivity index (χ0) is 30.6. The molecule has 3 nitrogen and oxygen atoms in total. The SMILES string of the molecule is CC1(C)c2ccccc2-c2ccc3c(c21)-c1cccc(-c2nc(-c4ccccc4)nc(-c4ccc5ccccc5c4)n2)c1C1CC31. The zero-order valence-electron chi connectivity index (χ0n) is 25.8. The normalized spacial score (nSPS) is 17.9. The van der Waals surface area contributed by atoms with Crippen molar-refractivity contribution in [2.75, 3.05) is 0 Å². The monoisotopic (exact) mass is 589 g/mol. The van der Waals surface area contributed by atoms with Gasteiger partial charge in [0.2, 0.25) is 0 Å². The summed E-state index contributed by atoms with van der Waals surface area (Å²) in [6.07, 6.45) is 1.16. The van der Waals surface area contributed by atoms with Crippen molar-refractivity contribution in [3.8, 4) is 56.4 Å². The first-order chi connectivity index (χ1) is 22.6. The minimum atomic E-state index is -0.0802. The van der Waals surface area contributed by atoms with E-state index in [2.05, 4.69) is 123 Å². The molecule has 0 aliphatic heterocycles. The van der Waals surface area contributed by atoms with E-state index in [4.69, 9.17) is 15.0 Å². The van der Waals surface area contributed by atoms with Gasteiger partial charge in [-0.25, -0.2) is 15.0 Å². The average molecular weight is 590 g/mol. The number of hydrogen-bond donors (Lipinski definition) is 0. The van der Waals surface area contributed by atoms with Gasteiger partial charge in [0.1, 0.15) is 0 Å². The number of hydrogen-bond acceptors (Lipinski definition) is 3. The summed E-state index contributed by atoms with van der Waals surface area (Å²) in [5.74, 6) is 3.16. The van der Waals surface area contributed by atoms with E-state index in [1.54, 1.807) is 0 Å². The van der Waals surface area contributed by atoms with Gasteiger partial charge in [0.05, 0.1) is 0 Å². The van der Waals surface area contributed by atoms with Crippen molar-refractivity contribution in [3.05, 3.63) is 150 Å². The molecule has 2 unspecified atom stereocenters. The van der Waals surface area contributed by atoms with Crippen LogP contribution in [0.1, 0.15) is 54.4 Å². The number of nitrogens with zero attached hydrogens (tertiary/aromatic N) is 3. The molecular weight excluding hydrogens is 558 g/mol. The van der Waals surface area contributed by atoms with Gasteiger partial charge >= 0.3 is 0 Å². The molecule has 0 N–H and O–H groups in total. The van der Waals surface area contributed by atoms with Crippen LogP contribution in [0, 0.1) is 0 Å². The van der Waals surface area contributed by atoms with Crippen LogP contribution in [-0.4, -0.2) is 15.0 Å². The van der Waals surface area contributed by atoms with E-state index in [1.165, 1.54) is 55.3 Å². The van der Waals surface area contributed by atoms with Crippen molar-refractivity contribution in [2.24, 2.45) is 0 Å². The second-order valence-corrected chi connectivity index (χ2v) is 13.6. The molecule has 7 aromatic rings. The number of aromatic nitrogens is 3. The standard InChI is InChI=1S/C43H31N3/c1-43(2)36-18-9-8-15-29(36)31-22-21-30-34-24-35(34)37-32(38(30)39(31)43)16-10-17-33(37)42-45-40(26-12-4-3-5-13-26)44-41(46-42)28-20-19-25-11-6-7-14-27(25)23-28/h3-23,34-35H,24H2,1-2H3. The van der Waals surface area contributed by atoms with E-state index in [0.29, 0.717) is 23.5 Å². The highest BCUT2D eigenvalue weighted by Crippen LogP contribution is 2.66. The first kappa shape index (κ1) is 25.9. The van der Waals surface area contributed by atoms with Gasteiger partial charge in [-0.2, -0.15) is 0 Å². The largest absolute Gasteiger partial charge is 0.208 e. The molecule has 0 spiro atoms. The van der Waals surface area contributed by atoms with E-state index in [0.717, 1.165) is 28.9 Å². The summed E-state index contributed by atoms with van der Waals surface area (Å²) >= 11 is 0. The Bertz CT molecular complexity index is 2390. The molecular formula is C43H31N3. The molecule has 2 atom stereocenters. The summed E-state index contributed by atoms with van der Waals surface area (Å²) in [5, 5.41) is 2.38. The van der Waals surface area contributed by atoms with Gasteiger partial charge in [-0.05, 0) is 79.6 Å². The Labute approximate surface area is 268 Å². The Morgan fingerprint density at radius 1 is 0.522 bits per heavy atom. The summed E-state index contributed by atoms with van der Waals surface area (Å²) in [6.45, 7) is 4.79. The topological polar surface area (TPSA) is 38.7 Å². The van der Waals surface area contributed by atoms with Crippen LogP contribution in [0.5, 0.6) is 0 Å². The third kappa shape index (κ3) is 3.63. The molecule has 1 fully saturated rings. The lowest BCUT2D eigenvalue weighted by Crippen LogP contribution is -2.18. The molecule has 10 rings (SSSR count). The second-order valence-electron chi connectivity index (χ2n) is 13.6. The summed E-state index contributed by atoms with van der Waals surface area (Å²) in [7, 11) is 0. The maximum Gasteiger partial charge on any atom is 0.164 e. The van der Waals surface area contributed by atoms with Crippen molar-refractivity contribution < 1.29 is 0 Å². The van der Waals surface area contributed by atoms with Crippen LogP contribution in [0.15, 0.2) is 127 Å². The molecule has 0 saturated heterocycles. The molecule has 3 aliphatic rings. The molecule has 0 amide bonds. The van der Waals surface area contributed by atoms with Crippen LogP contribution in [0.2, 0.25) is 0 Å². The Kier molecular flexibility index (Phi) is 5.23. The summed E-state index contributed by atoms with van der Waals surface area (Å²) in [6, 6.07) is 45.8. The van der Waals surface area contributed by atoms with E-state index in [-0.39, 0.29) is 5.41 Å². The molecule has 0 bridgehead atoms. The van der Waals surface area contributed by atoms with E-state index in [9.17, 15) is 0 Å². The van der Waals surface area contributed by atoms with Crippen LogP contribution in [-0.2, 0) is 5.41 Å². The minimum absolute atomic E-state index is 0.0802. The maximum atomic E-state index is 5.23. The van der Waals surface area contributed by atoms with Crippen molar-refractivity contribution in [1.29, 1.82) is 0 Å². The van der Waals surface area contributed by atoms with E-state index in [1.807, 2.05) is 18.2 Å². The fourth-order valence-electron chi connectivity index (χ4n) is 8.39. The third-order valence-electron chi connectivity index (χ3n) is 10.6. The predicted octanol–water partition coefficient (Wildman–Crippen LogP) is 10.6. The van der Waals surface area contributed by atoms with Crippen LogP contribution in [0.3, 0.4) is 0 Å². The lowest BCUT2D eigenvalue weighted by molar-refractivity contribution is 0.660. The zero-order valence-corrected chi connectivity index (χ0v) is 25.8. The molecule has 0 radical (unpaired) electrons. The fraction of sp³-hybridized carbons (Fsp3) is 0.140. The van der Waals surface area contributed by atoms with Gasteiger partial charge in [-0.3, -0.25) is 0 Å². The van der Waals surface area contributed by atoms with Crippen LogP contribution in [0.25, 0.3) is 67.2 Å². The molecule has 3 heteroatoms. The number of fused-ring (bicyclic) bond motifs is 11. The van der Waals surface area contributed by atoms with Crippen LogP contribution < -0.4 is 0 Å². The molecule has 1 aromatic heterocycles. The summed E-state index contributed by atoms with van der Waals surface area (Å²) in [5.41, 5.74) is 14.3. The quantitative estimate of drug-likeness (QED) is 0.206. The summed E-state index contributed by atoms with van der Waals surface area (Å²) in [4.78, 5) is 15.5. The Hall–Kier alpha value is -5.41. The highest BCUT2D eigenvalue weighted by atomic mass is 15.0. The van der Waals surface area contributed by atoms with Gasteiger partial charge < -0.3 is 0 Å². The lowest BCUT2D eigenvalue weighted by atomic mass is 9.73. The first-order valence-electron chi connectivity index (χ1n) is 16.3. The van der Waals surface area contributed by atoms with Crippen molar-refractivity contribution in [1.82, 2.24) is 15.0 Å². The number of benzene rings is 6. The molecule has 3 aliphatic carbocycles. The summed E-state index contributed by atoms with van der Waals surface area (Å²) < 4.78 is 0.